The molecule has 0 radical (unpaired) electrons. The van der Waals surface area contributed by atoms with Gasteiger partial charge in [-0.1, -0.05) is 0 Å². The van der Waals surface area contributed by atoms with E-state index in [-0.39, 0.29) is 12.1 Å². The summed E-state index contributed by atoms with van der Waals surface area (Å²) >= 11 is 0. The predicted molar refractivity (Wildman–Crippen MR) is 72.0 cm³/mol. The minimum atomic E-state index is -1.16. The van der Waals surface area contributed by atoms with Gasteiger partial charge in [0.05, 0.1) is 16.5 Å². The van der Waals surface area contributed by atoms with Gasteiger partial charge in [-0.2, -0.15) is 5.10 Å². The summed E-state index contributed by atoms with van der Waals surface area (Å²) in [6.07, 6.45) is 8.06. The van der Waals surface area contributed by atoms with Crippen LogP contribution in [0.15, 0.2) is 39.8 Å². The number of fused-ring (bicyclic) bond motifs is 1. The van der Waals surface area contributed by atoms with Gasteiger partial charge < -0.3 is 5.73 Å². The number of nitrogens with zero attached hydrogens (tertiary/aromatic N) is 5. The van der Waals surface area contributed by atoms with E-state index in [1.807, 2.05) is 6.20 Å². The van der Waals surface area contributed by atoms with Gasteiger partial charge in [-0.15, -0.1) is 0 Å². The zero-order chi connectivity index (χ0) is 13.4. The zero-order valence-corrected chi connectivity index (χ0v) is 11.0. The predicted octanol–water partition coefficient (Wildman–Crippen LogP) is -0.190. The van der Waals surface area contributed by atoms with Gasteiger partial charge >= 0.3 is 0 Å². The van der Waals surface area contributed by atoms with E-state index in [9.17, 15) is 4.21 Å². The summed E-state index contributed by atoms with van der Waals surface area (Å²) in [4.78, 5) is 12.6. The zero-order valence-electron chi connectivity index (χ0n) is 10.2. The number of allylic oxidation sites excluding steroid dienone is 1. The van der Waals surface area contributed by atoms with Crippen LogP contribution in [0.25, 0.3) is 0 Å². The van der Waals surface area contributed by atoms with E-state index in [2.05, 4.69) is 20.1 Å². The van der Waals surface area contributed by atoms with Gasteiger partial charge in [-0.25, -0.2) is 15.0 Å². The lowest BCUT2D eigenvalue weighted by Gasteiger charge is -2.22. The highest BCUT2D eigenvalue weighted by molar-refractivity contribution is 7.84. The minimum absolute atomic E-state index is 0.224. The second-order valence-corrected chi connectivity index (χ2v) is 5.50. The molecule has 2 N–H and O–H groups in total. The summed E-state index contributed by atoms with van der Waals surface area (Å²) in [6.45, 7) is 0. The van der Waals surface area contributed by atoms with E-state index in [0.29, 0.717) is 16.6 Å². The van der Waals surface area contributed by atoms with Crippen molar-refractivity contribution in [3.8, 4) is 0 Å². The molecule has 0 spiro atoms. The van der Waals surface area contributed by atoms with Crippen molar-refractivity contribution in [3.63, 3.8) is 0 Å². The molecular weight excluding hydrogens is 264 g/mol. The molecular formula is C11H12N6OS. The lowest BCUT2D eigenvalue weighted by molar-refractivity contribution is 0.310. The molecule has 1 aromatic heterocycles. The Bertz CT molecular complexity index is 625. The summed E-state index contributed by atoms with van der Waals surface area (Å²) in [5.74, 6) is 0.201. The largest absolute Gasteiger partial charge is 0.385 e. The first kappa shape index (κ1) is 12.0. The van der Waals surface area contributed by atoms with Crippen LogP contribution in [0.1, 0.15) is 11.6 Å². The van der Waals surface area contributed by atoms with Crippen molar-refractivity contribution >= 4 is 22.8 Å². The molecule has 2 aliphatic rings. The fourth-order valence-electron chi connectivity index (χ4n) is 2.09. The molecule has 0 amide bonds. The smallest absolute Gasteiger partial charge is 0.156 e. The summed E-state index contributed by atoms with van der Waals surface area (Å²) < 4.78 is 11.5. The Morgan fingerprint density at radius 2 is 2.26 bits per heavy atom. The van der Waals surface area contributed by atoms with Crippen LogP contribution >= 0.6 is 0 Å². The molecule has 3 atom stereocenters. The van der Waals surface area contributed by atoms with Crippen molar-refractivity contribution in [3.05, 3.63) is 30.4 Å². The monoisotopic (exact) mass is 276 g/mol. The van der Waals surface area contributed by atoms with Crippen molar-refractivity contribution in [2.24, 2.45) is 15.8 Å². The number of rotatable bonds is 2. The molecule has 3 heterocycles. The van der Waals surface area contributed by atoms with E-state index in [4.69, 9.17) is 5.73 Å². The molecule has 98 valence electrons. The Kier molecular flexibility index (Phi) is 2.86. The molecule has 0 saturated heterocycles. The molecule has 3 rings (SSSR count). The molecule has 2 aliphatic heterocycles. The lowest BCUT2D eigenvalue weighted by atomic mass is 10.0. The number of aliphatic imine (C=N–C) groups is 1. The number of amidine groups is 1. The fourth-order valence-corrected chi connectivity index (χ4v) is 2.57. The highest BCUT2D eigenvalue weighted by Crippen LogP contribution is 2.31. The van der Waals surface area contributed by atoms with E-state index in [1.165, 1.54) is 6.33 Å². The third kappa shape index (κ3) is 2.03. The van der Waals surface area contributed by atoms with Gasteiger partial charge in [0.2, 0.25) is 0 Å². The molecule has 7 nitrogen and oxygen atoms in total. The summed E-state index contributed by atoms with van der Waals surface area (Å²) in [6, 6.07) is 1.69. The molecule has 1 aromatic rings. The lowest BCUT2D eigenvalue weighted by Crippen LogP contribution is -2.31. The maximum atomic E-state index is 11.5. The molecule has 19 heavy (non-hydrogen) atoms. The average molecular weight is 276 g/mol. The molecule has 0 fully saturated rings. The van der Waals surface area contributed by atoms with Crippen LogP contribution in [-0.2, 0) is 10.8 Å². The number of nitrogens with two attached hydrogens (primary N) is 1. The third-order valence-electron chi connectivity index (χ3n) is 2.96. The van der Waals surface area contributed by atoms with Gasteiger partial charge in [-0.3, -0.25) is 9.20 Å². The maximum absolute atomic E-state index is 11.5. The van der Waals surface area contributed by atoms with Crippen molar-refractivity contribution in [2.45, 2.75) is 17.1 Å². The van der Waals surface area contributed by atoms with Crippen LogP contribution in [0, 0.1) is 0 Å². The van der Waals surface area contributed by atoms with Crippen LogP contribution < -0.4 is 5.73 Å². The van der Waals surface area contributed by atoms with Gasteiger partial charge in [0.15, 0.2) is 6.17 Å². The van der Waals surface area contributed by atoms with Crippen molar-refractivity contribution in [2.75, 3.05) is 6.26 Å². The average Bonchev–Trinajstić information content (AvgIpc) is 2.74. The second kappa shape index (κ2) is 4.54. The number of hydrogen-bond acceptors (Lipinski definition) is 7. The molecule has 8 heteroatoms. The maximum Gasteiger partial charge on any atom is 0.156 e. The topological polar surface area (TPSA) is 96.8 Å². The Hall–Kier alpha value is -2.09. The molecule has 3 unspecified atom stereocenters. The van der Waals surface area contributed by atoms with Gasteiger partial charge in [-0.05, 0) is 12.1 Å². The molecule has 0 aliphatic carbocycles. The Labute approximate surface area is 112 Å². The quantitative estimate of drug-likeness (QED) is 0.755. The highest BCUT2D eigenvalue weighted by atomic mass is 32.2. The van der Waals surface area contributed by atoms with Gasteiger partial charge in [0.1, 0.15) is 23.1 Å². The van der Waals surface area contributed by atoms with E-state index >= 15 is 0 Å². The SMILES string of the molecule is CS(=O)c1cc(C2C(N)=NN3C=CC=NC23)ncn1. The van der Waals surface area contributed by atoms with E-state index < -0.39 is 10.8 Å². The standard InChI is InChI=1S/C11H12N6OS/c1-19(18)8-5-7(14-6-15-8)9-10(12)16-17-4-2-3-13-11(9)17/h2-6,9,11H,1H3,(H2,12,16). The van der Waals surface area contributed by atoms with Crippen molar-refractivity contribution in [1.82, 2.24) is 15.0 Å². The first-order valence-electron chi connectivity index (χ1n) is 5.64. The minimum Gasteiger partial charge on any atom is -0.385 e. The van der Waals surface area contributed by atoms with E-state index in [0.717, 1.165) is 0 Å². The first-order chi connectivity index (χ1) is 9.16. The summed E-state index contributed by atoms with van der Waals surface area (Å²) in [5, 5.41) is 6.41. The Morgan fingerprint density at radius 1 is 1.42 bits per heavy atom. The van der Waals surface area contributed by atoms with E-state index in [1.54, 1.807) is 29.6 Å². The third-order valence-corrected chi connectivity index (χ3v) is 3.77. The van der Waals surface area contributed by atoms with Crippen LogP contribution in [0.4, 0.5) is 0 Å². The van der Waals surface area contributed by atoms with Crippen molar-refractivity contribution in [1.29, 1.82) is 0 Å². The number of hydrazone groups is 1. The molecule has 0 bridgehead atoms. The Morgan fingerprint density at radius 3 is 3.05 bits per heavy atom. The highest BCUT2D eigenvalue weighted by Gasteiger charge is 2.38. The Balaban J connectivity index is 2.00. The van der Waals surface area contributed by atoms with Crippen LogP contribution in [0.3, 0.4) is 0 Å². The van der Waals surface area contributed by atoms with Crippen LogP contribution in [0.2, 0.25) is 0 Å². The number of aromatic nitrogens is 2. The second-order valence-electron chi connectivity index (χ2n) is 4.17. The van der Waals surface area contributed by atoms with Crippen LogP contribution in [0.5, 0.6) is 0 Å². The molecule has 0 saturated carbocycles. The fraction of sp³-hybridized carbons (Fsp3) is 0.273. The summed E-state index contributed by atoms with van der Waals surface area (Å²) in [7, 11) is -1.16. The van der Waals surface area contributed by atoms with Crippen molar-refractivity contribution < 1.29 is 4.21 Å². The van der Waals surface area contributed by atoms with Gasteiger partial charge in [0, 0.05) is 18.7 Å². The normalized spacial score (nSPS) is 26.2. The molecule has 0 aromatic carbocycles. The van der Waals surface area contributed by atoms with Crippen LogP contribution in [-0.4, -0.2) is 43.7 Å². The van der Waals surface area contributed by atoms with Gasteiger partial charge in [0.25, 0.3) is 0 Å². The number of hydrogen-bond donors (Lipinski definition) is 1. The first-order valence-corrected chi connectivity index (χ1v) is 7.20. The summed E-state index contributed by atoms with van der Waals surface area (Å²) in [5.41, 5.74) is 6.64.